The molecule has 7 heteroatoms. The van der Waals surface area contributed by atoms with E-state index in [9.17, 15) is 22.8 Å². The molecule has 24 heavy (non-hydrogen) atoms. The minimum Gasteiger partial charge on any atom is -0.344 e. The summed E-state index contributed by atoms with van der Waals surface area (Å²) in [4.78, 5) is 24.0. The number of hydrogen-bond acceptors (Lipinski definition) is 3. The van der Waals surface area contributed by atoms with Crippen LogP contribution in [0.4, 0.5) is 13.2 Å². The summed E-state index contributed by atoms with van der Waals surface area (Å²) in [5, 5.41) is 2.16. The minimum atomic E-state index is -4.84. The Hall–Kier alpha value is -1.89. The monoisotopic (exact) mass is 344 g/mol. The van der Waals surface area contributed by atoms with Gasteiger partial charge < -0.3 is 11.1 Å². The molecule has 134 valence electrons. The highest BCUT2D eigenvalue weighted by Crippen LogP contribution is 2.19. The molecule has 0 fully saturated rings. The second-order valence-electron chi connectivity index (χ2n) is 6.17. The molecule has 0 saturated carbocycles. The van der Waals surface area contributed by atoms with Crippen LogP contribution in [-0.4, -0.2) is 30.0 Å². The van der Waals surface area contributed by atoms with Crippen molar-refractivity contribution in [2.24, 2.45) is 11.7 Å². The molecule has 0 radical (unpaired) electrons. The highest BCUT2D eigenvalue weighted by molar-refractivity contribution is 5.91. The van der Waals surface area contributed by atoms with Crippen LogP contribution in [0.15, 0.2) is 30.3 Å². The smallest absolute Gasteiger partial charge is 0.344 e. The van der Waals surface area contributed by atoms with Gasteiger partial charge in [0.15, 0.2) is 11.8 Å². The summed E-state index contributed by atoms with van der Waals surface area (Å²) in [5.41, 5.74) is 5.66. The molecule has 1 aromatic rings. The van der Waals surface area contributed by atoms with E-state index in [0.717, 1.165) is 5.56 Å². The summed E-state index contributed by atoms with van der Waals surface area (Å²) in [6, 6.07) is 5.14. The number of carbonyl (C=O) groups excluding carboxylic acids is 2. The van der Waals surface area contributed by atoms with Gasteiger partial charge in [-0.2, -0.15) is 13.2 Å². The van der Waals surface area contributed by atoms with Crippen LogP contribution in [0.5, 0.6) is 0 Å². The molecule has 1 rings (SSSR count). The molecule has 3 N–H and O–H groups in total. The highest BCUT2D eigenvalue weighted by Gasteiger charge is 2.42. The van der Waals surface area contributed by atoms with Crippen LogP contribution < -0.4 is 11.1 Å². The lowest BCUT2D eigenvalue weighted by Crippen LogP contribution is -2.54. The standard InChI is InChI=1S/C17H23F3N2O2/c1-11(2)8-9-14(23)13(10-12-6-4-3-5-7-12)22-16(24)15(21)17(18,19)20/h3-7,11,13,15H,8-10,21H2,1-2H3,(H,22,24)/t13-,15?/m0/s1. The van der Waals surface area contributed by atoms with Gasteiger partial charge in [0, 0.05) is 6.42 Å². The Kier molecular flexibility index (Phi) is 7.41. The number of alkyl halides is 3. The van der Waals surface area contributed by atoms with Crippen molar-refractivity contribution in [2.75, 3.05) is 0 Å². The summed E-state index contributed by atoms with van der Waals surface area (Å²) in [6.45, 7) is 3.88. The number of hydrogen-bond donors (Lipinski definition) is 2. The van der Waals surface area contributed by atoms with Gasteiger partial charge in [-0.05, 0) is 24.3 Å². The lowest BCUT2D eigenvalue weighted by molar-refractivity contribution is -0.163. The van der Waals surface area contributed by atoms with Crippen molar-refractivity contribution in [3.63, 3.8) is 0 Å². The van der Waals surface area contributed by atoms with E-state index in [4.69, 9.17) is 5.73 Å². The van der Waals surface area contributed by atoms with Gasteiger partial charge in [0.2, 0.25) is 5.91 Å². The van der Waals surface area contributed by atoms with Gasteiger partial charge in [-0.1, -0.05) is 44.2 Å². The Morgan fingerprint density at radius 3 is 2.25 bits per heavy atom. The van der Waals surface area contributed by atoms with Crippen molar-refractivity contribution in [3.8, 4) is 0 Å². The Bertz CT molecular complexity index is 545. The molecule has 0 heterocycles. The van der Waals surface area contributed by atoms with E-state index in [1.807, 2.05) is 13.8 Å². The fourth-order valence-corrected chi connectivity index (χ4v) is 2.11. The zero-order valence-corrected chi connectivity index (χ0v) is 13.8. The molecule has 0 bridgehead atoms. The summed E-state index contributed by atoms with van der Waals surface area (Å²) in [7, 11) is 0. The number of nitrogens with one attached hydrogen (secondary N) is 1. The van der Waals surface area contributed by atoms with Crippen molar-refractivity contribution in [3.05, 3.63) is 35.9 Å². The van der Waals surface area contributed by atoms with Crippen molar-refractivity contribution >= 4 is 11.7 Å². The third-order valence-electron chi connectivity index (χ3n) is 3.59. The second-order valence-corrected chi connectivity index (χ2v) is 6.17. The van der Waals surface area contributed by atoms with Gasteiger partial charge >= 0.3 is 6.18 Å². The van der Waals surface area contributed by atoms with E-state index in [2.05, 4.69) is 5.32 Å². The molecular formula is C17H23F3N2O2. The average molecular weight is 344 g/mol. The summed E-state index contributed by atoms with van der Waals surface area (Å²) >= 11 is 0. The SMILES string of the molecule is CC(C)CCC(=O)[C@H](Cc1ccccc1)NC(=O)C(N)C(F)(F)F. The van der Waals surface area contributed by atoms with Crippen LogP contribution in [0.2, 0.25) is 0 Å². The van der Waals surface area contributed by atoms with Gasteiger partial charge in [0.25, 0.3) is 0 Å². The maximum absolute atomic E-state index is 12.6. The predicted molar refractivity (Wildman–Crippen MR) is 85.2 cm³/mol. The Balaban J connectivity index is 2.84. The van der Waals surface area contributed by atoms with Crippen LogP contribution in [-0.2, 0) is 16.0 Å². The zero-order chi connectivity index (χ0) is 18.3. The van der Waals surface area contributed by atoms with E-state index in [-0.39, 0.29) is 24.5 Å². The first-order valence-corrected chi connectivity index (χ1v) is 7.80. The number of rotatable bonds is 8. The Morgan fingerprint density at radius 2 is 1.75 bits per heavy atom. The van der Waals surface area contributed by atoms with Crippen molar-refractivity contribution in [1.29, 1.82) is 0 Å². The number of ketones is 1. The largest absolute Gasteiger partial charge is 0.412 e. The molecule has 1 amide bonds. The van der Waals surface area contributed by atoms with E-state index in [1.165, 1.54) is 0 Å². The summed E-state index contributed by atoms with van der Waals surface area (Å²) < 4.78 is 37.7. The van der Waals surface area contributed by atoms with Gasteiger partial charge in [0.05, 0.1) is 6.04 Å². The topological polar surface area (TPSA) is 72.2 Å². The van der Waals surface area contributed by atoms with E-state index < -0.39 is 24.2 Å². The fourth-order valence-electron chi connectivity index (χ4n) is 2.11. The molecule has 0 aliphatic heterocycles. The maximum atomic E-state index is 12.6. The van der Waals surface area contributed by atoms with E-state index in [0.29, 0.717) is 6.42 Å². The fraction of sp³-hybridized carbons (Fsp3) is 0.529. The van der Waals surface area contributed by atoms with Gasteiger partial charge in [-0.15, -0.1) is 0 Å². The quantitative estimate of drug-likeness (QED) is 0.761. The first-order valence-electron chi connectivity index (χ1n) is 7.80. The summed E-state index contributed by atoms with van der Waals surface area (Å²) in [6.07, 6.45) is -3.92. The number of carbonyl (C=O) groups is 2. The number of Topliss-reactive ketones (excluding diaryl/α,β-unsaturated/α-hetero) is 1. The van der Waals surface area contributed by atoms with Gasteiger partial charge in [-0.3, -0.25) is 9.59 Å². The van der Waals surface area contributed by atoms with Crippen LogP contribution in [0.1, 0.15) is 32.3 Å². The molecule has 0 saturated heterocycles. The van der Waals surface area contributed by atoms with Crippen LogP contribution >= 0.6 is 0 Å². The van der Waals surface area contributed by atoms with Crippen LogP contribution in [0.25, 0.3) is 0 Å². The number of halogens is 3. The molecule has 0 aliphatic rings. The third-order valence-corrected chi connectivity index (χ3v) is 3.59. The van der Waals surface area contributed by atoms with Gasteiger partial charge in [0.1, 0.15) is 0 Å². The Labute approximate surface area is 139 Å². The molecular weight excluding hydrogens is 321 g/mol. The van der Waals surface area contributed by atoms with E-state index in [1.54, 1.807) is 30.3 Å². The number of benzene rings is 1. The first kappa shape index (κ1) is 20.2. The molecule has 0 aromatic heterocycles. The average Bonchev–Trinajstić information content (AvgIpc) is 2.51. The van der Waals surface area contributed by atoms with Crippen molar-refractivity contribution in [1.82, 2.24) is 5.32 Å². The van der Waals surface area contributed by atoms with Crippen molar-refractivity contribution < 1.29 is 22.8 Å². The molecule has 4 nitrogen and oxygen atoms in total. The third kappa shape index (κ3) is 6.70. The molecule has 0 aliphatic carbocycles. The molecule has 2 atom stereocenters. The lowest BCUT2D eigenvalue weighted by Gasteiger charge is -2.22. The van der Waals surface area contributed by atoms with Crippen LogP contribution in [0.3, 0.4) is 0 Å². The Morgan fingerprint density at radius 1 is 1.17 bits per heavy atom. The maximum Gasteiger partial charge on any atom is 0.412 e. The first-order chi connectivity index (χ1) is 11.1. The van der Waals surface area contributed by atoms with Crippen LogP contribution in [0, 0.1) is 5.92 Å². The van der Waals surface area contributed by atoms with E-state index >= 15 is 0 Å². The number of amides is 1. The molecule has 0 spiro atoms. The number of nitrogens with two attached hydrogens (primary N) is 1. The normalized spacial score (nSPS) is 14.3. The highest BCUT2D eigenvalue weighted by atomic mass is 19.4. The second kappa shape index (κ2) is 8.82. The zero-order valence-electron chi connectivity index (χ0n) is 13.8. The molecule has 1 unspecified atom stereocenters. The summed E-state index contributed by atoms with van der Waals surface area (Å²) in [5.74, 6) is -1.41. The van der Waals surface area contributed by atoms with Gasteiger partial charge in [-0.25, -0.2) is 0 Å². The lowest BCUT2D eigenvalue weighted by atomic mass is 9.96. The molecule has 1 aromatic carbocycles. The minimum absolute atomic E-state index is 0.133. The van der Waals surface area contributed by atoms with Crippen molar-refractivity contribution in [2.45, 2.75) is 51.4 Å². The predicted octanol–water partition coefficient (Wildman–Crippen LogP) is 2.61.